The molecule has 0 aromatic heterocycles. The van der Waals surface area contributed by atoms with Crippen molar-refractivity contribution in [3.63, 3.8) is 0 Å². The van der Waals surface area contributed by atoms with Gasteiger partial charge in [0.15, 0.2) is 0 Å². The Morgan fingerprint density at radius 1 is 1.03 bits per heavy atom. The Morgan fingerprint density at radius 3 is 2.69 bits per heavy atom. The Hall–Kier alpha value is -2.78. The predicted octanol–water partition coefficient (Wildman–Crippen LogP) is 6.65. The van der Waals surface area contributed by atoms with Crippen LogP contribution in [0.2, 0.25) is 0 Å². The number of benzene rings is 2. The topological polar surface area (TPSA) is 24.1 Å². The molecule has 2 unspecified atom stereocenters. The van der Waals surface area contributed by atoms with E-state index < -0.39 is 0 Å². The van der Waals surface area contributed by atoms with Crippen LogP contribution < -0.4 is 10.6 Å². The van der Waals surface area contributed by atoms with E-state index in [4.69, 9.17) is 0 Å². The Kier molecular flexibility index (Phi) is 4.76. The number of para-hydroxylation sites is 1. The fourth-order valence-corrected chi connectivity index (χ4v) is 4.93. The zero-order valence-corrected chi connectivity index (χ0v) is 17.9. The molecule has 144 valence electrons. The molecule has 1 aliphatic carbocycles. The summed E-state index contributed by atoms with van der Waals surface area (Å²) in [6.45, 7) is 2.32. The average molecular weight is 443 g/mol. The number of allylic oxidation sites excluding steroid dienone is 5. The van der Waals surface area contributed by atoms with Crippen LogP contribution in [0.15, 0.2) is 106 Å². The van der Waals surface area contributed by atoms with Gasteiger partial charge in [0, 0.05) is 33.0 Å². The molecule has 2 N–H and O–H groups in total. The van der Waals surface area contributed by atoms with Crippen molar-refractivity contribution in [1.82, 2.24) is 5.32 Å². The lowest BCUT2D eigenvalue weighted by Crippen LogP contribution is -2.27. The Bertz CT molecular complexity index is 1100. The van der Waals surface area contributed by atoms with E-state index in [2.05, 4.69) is 118 Å². The summed E-state index contributed by atoms with van der Waals surface area (Å²) in [5.74, 6) is 0.284. The maximum Gasteiger partial charge on any atom is 0.0552 e. The predicted molar refractivity (Wildman–Crippen MR) is 126 cm³/mol. The third-order valence-corrected chi connectivity index (χ3v) is 6.43. The summed E-state index contributed by atoms with van der Waals surface area (Å²) in [5, 5.41) is 7.45. The number of nitrogens with one attached hydrogen (secondary N) is 2. The second kappa shape index (κ2) is 7.57. The smallest absolute Gasteiger partial charge is 0.0552 e. The lowest BCUT2D eigenvalue weighted by Gasteiger charge is -2.30. The van der Waals surface area contributed by atoms with Crippen molar-refractivity contribution in [2.24, 2.45) is 0 Å². The molecule has 0 saturated carbocycles. The van der Waals surface area contributed by atoms with Gasteiger partial charge in [0.05, 0.1) is 6.04 Å². The molecule has 2 bridgehead atoms. The number of fused-ring (bicyclic) bond motifs is 4. The van der Waals surface area contributed by atoms with Crippen LogP contribution in [0.5, 0.6) is 0 Å². The number of anilines is 1. The molecular formula is C26H23BrN2. The van der Waals surface area contributed by atoms with E-state index in [0.29, 0.717) is 0 Å². The first-order chi connectivity index (χ1) is 14.2. The molecule has 2 atom stereocenters. The summed E-state index contributed by atoms with van der Waals surface area (Å²) >= 11 is 3.73. The molecule has 5 rings (SSSR count). The molecule has 0 saturated heterocycles. The van der Waals surface area contributed by atoms with E-state index in [-0.39, 0.29) is 12.0 Å². The second-order valence-electron chi connectivity index (χ2n) is 7.69. The SMILES string of the molecule is CC1C(C2=CC(Br)=CCC2Nc2ccccc2)=C2C=CC=C(N2)c2ccccc21. The van der Waals surface area contributed by atoms with Gasteiger partial charge in [0.2, 0.25) is 0 Å². The summed E-state index contributed by atoms with van der Waals surface area (Å²) in [5.41, 5.74) is 8.87. The van der Waals surface area contributed by atoms with Crippen LogP contribution >= 0.6 is 15.9 Å². The van der Waals surface area contributed by atoms with Gasteiger partial charge in [-0.15, -0.1) is 0 Å². The number of hydrogen-bond acceptors (Lipinski definition) is 2. The molecule has 2 aromatic carbocycles. The van der Waals surface area contributed by atoms with Crippen molar-refractivity contribution in [3.05, 3.63) is 117 Å². The minimum atomic E-state index is 0.221. The van der Waals surface area contributed by atoms with Gasteiger partial charge < -0.3 is 10.6 Å². The molecule has 0 spiro atoms. The minimum absolute atomic E-state index is 0.221. The summed E-state index contributed by atoms with van der Waals surface area (Å²) in [6, 6.07) is 19.4. The van der Waals surface area contributed by atoms with Gasteiger partial charge in [0.1, 0.15) is 0 Å². The van der Waals surface area contributed by atoms with E-state index in [9.17, 15) is 0 Å². The van der Waals surface area contributed by atoms with Gasteiger partial charge in [-0.3, -0.25) is 0 Å². The van der Waals surface area contributed by atoms with Crippen molar-refractivity contribution in [1.29, 1.82) is 0 Å². The van der Waals surface area contributed by atoms with Crippen molar-refractivity contribution in [2.75, 3.05) is 5.32 Å². The molecule has 3 aliphatic rings. The van der Waals surface area contributed by atoms with Crippen LogP contribution in [-0.2, 0) is 0 Å². The Morgan fingerprint density at radius 2 is 1.83 bits per heavy atom. The molecule has 2 aromatic rings. The lowest BCUT2D eigenvalue weighted by molar-refractivity contribution is 0.781. The van der Waals surface area contributed by atoms with Gasteiger partial charge >= 0.3 is 0 Å². The largest absolute Gasteiger partial charge is 0.378 e. The molecule has 2 nitrogen and oxygen atoms in total. The zero-order valence-electron chi connectivity index (χ0n) is 16.3. The monoisotopic (exact) mass is 442 g/mol. The molecule has 2 heterocycles. The van der Waals surface area contributed by atoms with Crippen LogP contribution in [0.1, 0.15) is 30.4 Å². The Balaban J connectivity index is 1.63. The maximum atomic E-state index is 3.75. The van der Waals surface area contributed by atoms with Gasteiger partial charge in [-0.25, -0.2) is 0 Å². The molecule has 2 aliphatic heterocycles. The van der Waals surface area contributed by atoms with Crippen molar-refractivity contribution < 1.29 is 0 Å². The molecule has 29 heavy (non-hydrogen) atoms. The molecule has 0 fully saturated rings. The summed E-state index contributed by atoms with van der Waals surface area (Å²) in [4.78, 5) is 0. The zero-order chi connectivity index (χ0) is 19.8. The highest BCUT2D eigenvalue weighted by molar-refractivity contribution is 9.11. The molecule has 0 amide bonds. The van der Waals surface area contributed by atoms with E-state index in [1.807, 2.05) is 0 Å². The minimum Gasteiger partial charge on any atom is -0.378 e. The number of dihydropyridines is 1. The molecule has 0 radical (unpaired) electrons. The first kappa shape index (κ1) is 18.3. The van der Waals surface area contributed by atoms with Crippen molar-refractivity contribution >= 4 is 27.3 Å². The second-order valence-corrected chi connectivity index (χ2v) is 8.60. The van der Waals surface area contributed by atoms with Gasteiger partial charge in [0.25, 0.3) is 0 Å². The van der Waals surface area contributed by atoms with Crippen LogP contribution in [0.4, 0.5) is 5.69 Å². The fraction of sp³-hybridized carbons (Fsp3) is 0.154. The van der Waals surface area contributed by atoms with Crippen LogP contribution in [0.25, 0.3) is 5.70 Å². The summed E-state index contributed by atoms with van der Waals surface area (Å²) in [7, 11) is 0. The van der Waals surface area contributed by atoms with E-state index in [0.717, 1.165) is 16.6 Å². The van der Waals surface area contributed by atoms with Gasteiger partial charge in [-0.2, -0.15) is 0 Å². The average Bonchev–Trinajstić information content (AvgIpc) is 2.83. The van der Waals surface area contributed by atoms with Crippen molar-refractivity contribution in [2.45, 2.75) is 25.3 Å². The van der Waals surface area contributed by atoms with Gasteiger partial charge in [-0.05, 0) is 53.5 Å². The van der Waals surface area contributed by atoms with E-state index in [1.54, 1.807) is 0 Å². The summed E-state index contributed by atoms with van der Waals surface area (Å²) < 4.78 is 1.15. The van der Waals surface area contributed by atoms with Crippen LogP contribution in [0, 0.1) is 0 Å². The first-order valence-electron chi connectivity index (χ1n) is 10.1. The fourth-order valence-electron chi connectivity index (χ4n) is 4.50. The number of halogens is 1. The Labute approximate surface area is 180 Å². The quantitative estimate of drug-likeness (QED) is 0.555. The highest BCUT2D eigenvalue weighted by Gasteiger charge is 2.31. The van der Waals surface area contributed by atoms with E-state index >= 15 is 0 Å². The maximum absolute atomic E-state index is 3.75. The van der Waals surface area contributed by atoms with Crippen LogP contribution in [-0.4, -0.2) is 6.04 Å². The van der Waals surface area contributed by atoms with E-state index in [1.165, 1.54) is 33.7 Å². The van der Waals surface area contributed by atoms with Gasteiger partial charge in [-0.1, -0.05) is 77.5 Å². The molecular weight excluding hydrogens is 420 g/mol. The third kappa shape index (κ3) is 3.40. The van der Waals surface area contributed by atoms with Crippen molar-refractivity contribution in [3.8, 4) is 0 Å². The first-order valence-corrected chi connectivity index (χ1v) is 10.9. The third-order valence-electron chi connectivity index (χ3n) is 5.88. The number of rotatable bonds is 3. The highest BCUT2D eigenvalue weighted by atomic mass is 79.9. The lowest BCUT2D eigenvalue weighted by atomic mass is 9.80. The van der Waals surface area contributed by atoms with Crippen LogP contribution in [0.3, 0.4) is 0 Å². The normalized spacial score (nSPS) is 22.6. The standard InChI is InChI=1S/C26H23BrN2/c1-17-20-10-5-6-11-21(20)23-12-7-13-25(29-23)26(17)22-16-18(27)14-15-24(22)28-19-8-3-2-4-9-19/h2-14,16-17,24,28-29H,15H2,1H3. The molecule has 3 heteroatoms. The summed E-state index contributed by atoms with van der Waals surface area (Å²) in [6.07, 6.45) is 12.0. The number of hydrogen-bond donors (Lipinski definition) is 2. The highest BCUT2D eigenvalue weighted by Crippen LogP contribution is 2.43.